The summed E-state index contributed by atoms with van der Waals surface area (Å²) in [5, 5.41) is 9.47. The van der Waals surface area contributed by atoms with Crippen molar-refractivity contribution in [1.82, 2.24) is 24.6 Å². The molecule has 14 nitrogen and oxygen atoms in total. The van der Waals surface area contributed by atoms with E-state index in [2.05, 4.69) is 15.8 Å². The zero-order valence-corrected chi connectivity index (χ0v) is 31.7. The first-order valence-corrected chi connectivity index (χ1v) is 18.6. The fourth-order valence-corrected chi connectivity index (χ4v) is 7.08. The Bertz CT molecular complexity index is 1880. The Balaban J connectivity index is 1.47. The van der Waals surface area contributed by atoms with Crippen LogP contribution < -0.4 is 15.4 Å². The first-order chi connectivity index (χ1) is 24.6. The van der Waals surface area contributed by atoms with Gasteiger partial charge in [-0.3, -0.25) is 14.4 Å². The second-order valence-electron chi connectivity index (χ2n) is 15.8. The normalized spacial score (nSPS) is 22.8. The predicted octanol–water partition coefficient (Wildman–Crippen LogP) is 3.41. The highest BCUT2D eigenvalue weighted by molar-refractivity contribution is 7.87. The lowest BCUT2D eigenvalue weighted by molar-refractivity contribution is -0.143. The number of hydrogen-bond donors (Lipinski definition) is 3. The maximum absolute atomic E-state index is 14.4. The van der Waals surface area contributed by atoms with Gasteiger partial charge in [-0.25, -0.2) is 18.3 Å². The average Bonchev–Trinajstić information content (AvgIpc) is 3.49. The lowest BCUT2D eigenvalue weighted by Gasteiger charge is -2.36. The van der Waals surface area contributed by atoms with Crippen LogP contribution in [0.15, 0.2) is 53.7 Å². The van der Waals surface area contributed by atoms with Crippen molar-refractivity contribution in [2.75, 3.05) is 20.6 Å². The monoisotopic (exact) mass is 760 g/mol. The van der Waals surface area contributed by atoms with Crippen molar-refractivity contribution in [3.8, 4) is 11.1 Å². The molecule has 1 saturated heterocycles. The van der Waals surface area contributed by atoms with E-state index in [1.807, 2.05) is 48.5 Å². The second-order valence-corrected chi connectivity index (χ2v) is 17.7. The van der Waals surface area contributed by atoms with E-state index < -0.39 is 87.5 Å². The maximum atomic E-state index is 14.4. The smallest absolute Gasteiger partial charge is 0.408 e. The minimum atomic E-state index is -4.40. The molecule has 3 aliphatic rings. The number of carbonyl (C=O) groups excluding carboxylic acids is 4. The number of alkyl carbamates (subject to hydrolysis) is 1. The van der Waals surface area contributed by atoms with Crippen molar-refractivity contribution in [1.29, 1.82) is 0 Å². The summed E-state index contributed by atoms with van der Waals surface area (Å²) < 4.78 is 60.9. The molecule has 17 heteroatoms. The standard InChI is InChI=1S/C36H46F2N6O8S/c1-34(2,3)28(39-33(48)51-35(4,5)6)31(46)44-19-20(52-41-27-23-15-11-9-13-21(23)22-14-10-12-16-24(22)27)17-26(44)30(45)40-36(18-25(36)29(37)38)32(47)42-53(49,50)43(7)8/h9-16,20,25-26,28-29H,17-19H2,1-8H3,(H,39,48)(H,40,45)(H,42,47)/t20-,25+,26+,28-,36+/m1/s1. The molecular weight excluding hydrogens is 714 g/mol. The number of ether oxygens (including phenoxy) is 1. The molecule has 0 spiro atoms. The van der Waals surface area contributed by atoms with Crippen molar-refractivity contribution >= 4 is 39.7 Å². The summed E-state index contributed by atoms with van der Waals surface area (Å²) in [7, 11) is -2.12. The Morgan fingerprint density at radius 3 is 1.96 bits per heavy atom. The first-order valence-electron chi connectivity index (χ1n) is 17.1. The molecule has 4 amide bonds. The van der Waals surface area contributed by atoms with Crippen LogP contribution in [0, 0.1) is 11.3 Å². The van der Waals surface area contributed by atoms with Gasteiger partial charge in [0.1, 0.15) is 35.0 Å². The highest BCUT2D eigenvalue weighted by Gasteiger charge is 2.66. The van der Waals surface area contributed by atoms with Crippen molar-refractivity contribution in [3.05, 3.63) is 59.7 Å². The summed E-state index contributed by atoms with van der Waals surface area (Å²) in [5.74, 6) is -4.71. The van der Waals surface area contributed by atoms with Crippen LogP contribution in [0.1, 0.15) is 65.5 Å². The second kappa shape index (κ2) is 14.3. The number of nitrogens with zero attached hydrogens (tertiary/aromatic N) is 3. The number of oxime groups is 1. The lowest BCUT2D eigenvalue weighted by Crippen LogP contribution is -2.60. The van der Waals surface area contributed by atoms with Crippen LogP contribution in [-0.4, -0.2) is 104 Å². The van der Waals surface area contributed by atoms with Gasteiger partial charge in [-0.15, -0.1) is 0 Å². The van der Waals surface area contributed by atoms with E-state index in [1.165, 1.54) is 0 Å². The van der Waals surface area contributed by atoms with Gasteiger partial charge >= 0.3 is 16.3 Å². The third kappa shape index (κ3) is 8.30. The number of hydrogen-bond acceptors (Lipinski definition) is 9. The molecule has 2 aromatic carbocycles. The van der Waals surface area contributed by atoms with Gasteiger partial charge < -0.3 is 25.1 Å². The number of likely N-dealkylation sites (tertiary alicyclic amines) is 1. The lowest BCUT2D eigenvalue weighted by atomic mass is 9.85. The van der Waals surface area contributed by atoms with Crippen molar-refractivity contribution in [2.24, 2.45) is 16.5 Å². The maximum Gasteiger partial charge on any atom is 0.408 e. The summed E-state index contributed by atoms with van der Waals surface area (Å²) in [6, 6.07) is 12.6. The Morgan fingerprint density at radius 2 is 1.49 bits per heavy atom. The van der Waals surface area contributed by atoms with Gasteiger partial charge in [0.2, 0.25) is 18.2 Å². The molecule has 1 saturated carbocycles. The quantitative estimate of drug-likeness (QED) is 0.264. The topological polar surface area (TPSA) is 176 Å². The number of fused-ring (bicyclic) bond motifs is 3. The molecular formula is C36H46F2N6O8S. The van der Waals surface area contributed by atoms with E-state index in [0.717, 1.165) is 41.2 Å². The molecule has 2 fully saturated rings. The van der Waals surface area contributed by atoms with Crippen LogP contribution in [0.5, 0.6) is 0 Å². The fraction of sp³-hybridized carbons (Fsp3) is 0.528. The van der Waals surface area contributed by atoms with Crippen LogP contribution >= 0.6 is 0 Å². The van der Waals surface area contributed by atoms with Gasteiger partial charge in [0.25, 0.3) is 5.91 Å². The molecule has 1 aliphatic heterocycles. The number of nitrogens with one attached hydrogen (secondary N) is 3. The highest BCUT2D eigenvalue weighted by atomic mass is 32.2. The number of amides is 4. The van der Waals surface area contributed by atoms with E-state index >= 15 is 0 Å². The predicted molar refractivity (Wildman–Crippen MR) is 191 cm³/mol. The minimum absolute atomic E-state index is 0.173. The Labute approximate surface area is 307 Å². The number of carbonyl (C=O) groups is 4. The van der Waals surface area contributed by atoms with Gasteiger partial charge in [-0.2, -0.15) is 12.7 Å². The Morgan fingerprint density at radius 1 is 0.943 bits per heavy atom. The molecule has 2 aromatic rings. The number of alkyl halides is 2. The van der Waals surface area contributed by atoms with Crippen LogP contribution in [0.3, 0.4) is 0 Å². The van der Waals surface area contributed by atoms with Gasteiger partial charge in [0, 0.05) is 31.6 Å². The minimum Gasteiger partial charge on any atom is -0.444 e. The summed E-state index contributed by atoms with van der Waals surface area (Å²) in [4.78, 5) is 61.9. The molecule has 0 aromatic heterocycles. The van der Waals surface area contributed by atoms with Gasteiger partial charge in [0.05, 0.1) is 12.5 Å². The molecule has 53 heavy (non-hydrogen) atoms. The van der Waals surface area contributed by atoms with Crippen molar-refractivity contribution in [2.45, 2.75) is 90.1 Å². The van der Waals surface area contributed by atoms with Gasteiger partial charge in [0.15, 0.2) is 0 Å². The van der Waals surface area contributed by atoms with E-state index in [9.17, 15) is 36.4 Å². The number of benzene rings is 2. The summed E-state index contributed by atoms with van der Waals surface area (Å²) in [6.45, 7) is 9.88. The van der Waals surface area contributed by atoms with Gasteiger partial charge in [-0.1, -0.05) is 74.5 Å². The molecule has 5 atom stereocenters. The van der Waals surface area contributed by atoms with Crippen molar-refractivity contribution in [3.63, 3.8) is 0 Å². The first kappa shape index (κ1) is 39.6. The van der Waals surface area contributed by atoms with Crippen LogP contribution in [0.25, 0.3) is 11.1 Å². The zero-order chi connectivity index (χ0) is 39.3. The van der Waals surface area contributed by atoms with E-state index in [-0.39, 0.29) is 13.0 Å². The van der Waals surface area contributed by atoms with Gasteiger partial charge in [-0.05, 0) is 43.7 Å². The molecule has 0 unspecified atom stereocenters. The third-order valence-electron chi connectivity index (χ3n) is 9.34. The molecule has 5 rings (SSSR count). The van der Waals surface area contributed by atoms with Crippen molar-refractivity contribution < 1.29 is 46.0 Å². The van der Waals surface area contributed by atoms with Crippen LogP contribution in [-0.2, 0) is 34.2 Å². The number of rotatable bonds is 10. The van der Waals surface area contributed by atoms with E-state index in [4.69, 9.17) is 9.57 Å². The Kier molecular flexibility index (Phi) is 10.7. The Hall–Kier alpha value is -4.64. The SMILES string of the molecule is CN(C)S(=O)(=O)NC(=O)[C@]1(NC(=O)[C@@H]2C[C@@H](ON=C3c4ccccc4-c4ccccc43)CN2C(=O)[C@@H](NC(=O)OC(C)(C)C)C(C)(C)C)C[C@H]1C(F)F. The molecule has 1 heterocycles. The zero-order valence-electron chi connectivity index (χ0n) is 30.9. The number of halogens is 2. The van der Waals surface area contributed by atoms with E-state index in [1.54, 1.807) is 46.3 Å². The fourth-order valence-electron chi connectivity index (χ4n) is 6.48. The largest absolute Gasteiger partial charge is 0.444 e. The summed E-state index contributed by atoms with van der Waals surface area (Å²) >= 11 is 0. The molecule has 2 aliphatic carbocycles. The summed E-state index contributed by atoms with van der Waals surface area (Å²) in [5.41, 5.74) is 0.00190. The summed E-state index contributed by atoms with van der Waals surface area (Å²) in [6.07, 6.45) is -5.55. The van der Waals surface area contributed by atoms with Crippen LogP contribution in [0.4, 0.5) is 13.6 Å². The molecule has 0 radical (unpaired) electrons. The molecule has 3 N–H and O–H groups in total. The van der Waals surface area contributed by atoms with E-state index in [0.29, 0.717) is 10.0 Å². The highest BCUT2D eigenvalue weighted by Crippen LogP contribution is 2.48. The average molecular weight is 761 g/mol. The van der Waals surface area contributed by atoms with Crippen LogP contribution in [0.2, 0.25) is 0 Å². The third-order valence-corrected chi connectivity index (χ3v) is 10.7. The molecule has 288 valence electrons. The molecule has 0 bridgehead atoms.